The van der Waals surface area contributed by atoms with E-state index in [0.29, 0.717) is 42.0 Å². The number of phenols is 1. The van der Waals surface area contributed by atoms with Crippen molar-refractivity contribution < 1.29 is 38.5 Å². The normalized spacial score (nSPS) is 20.0. The molecule has 2 aromatic carbocycles. The van der Waals surface area contributed by atoms with Crippen LogP contribution in [0.5, 0.6) is 17.2 Å². The summed E-state index contributed by atoms with van der Waals surface area (Å²) in [6.45, 7) is 4.24. The first kappa shape index (κ1) is 29.2. The van der Waals surface area contributed by atoms with Crippen molar-refractivity contribution in [2.45, 2.75) is 71.0 Å². The number of phenolic OH excluding ortho intramolecular Hbond substituents is 1. The van der Waals surface area contributed by atoms with Crippen molar-refractivity contribution in [3.63, 3.8) is 0 Å². The van der Waals surface area contributed by atoms with E-state index < -0.39 is 29.5 Å². The standard InChI is InChI=1S/C30H37FN2O7/c1-18(5-4-14-39-23-6-3-7-24(15-23)40-17-25(30(37)38)32-19(2)34)20-8-11-22(12-9-20)33-16-21-10-13-26(35)28(31)27(21)29(33)36/h3,6-7,10,13,15,18,20,22,25,35H,4-5,8-9,11-12,14,16-17H2,1-2H3,(H,32,34)(H,37,38)/t18?,20?,22?,25-/m0/s1. The molecule has 10 heteroatoms. The zero-order valence-corrected chi connectivity index (χ0v) is 22.9. The van der Waals surface area contributed by atoms with Crippen molar-refractivity contribution in [3.8, 4) is 17.2 Å². The van der Waals surface area contributed by atoms with Crippen LogP contribution in [-0.4, -0.2) is 58.2 Å². The highest BCUT2D eigenvalue weighted by molar-refractivity contribution is 5.99. The Morgan fingerprint density at radius 3 is 2.50 bits per heavy atom. The number of carbonyl (C=O) groups excluding carboxylic acids is 2. The van der Waals surface area contributed by atoms with Crippen LogP contribution in [0, 0.1) is 17.7 Å². The van der Waals surface area contributed by atoms with Crippen molar-refractivity contribution in [3.05, 3.63) is 53.3 Å². The molecule has 0 spiro atoms. The number of ether oxygens (including phenoxy) is 2. The van der Waals surface area contributed by atoms with Gasteiger partial charge in [0.05, 0.1) is 12.2 Å². The second kappa shape index (κ2) is 13.0. The lowest BCUT2D eigenvalue weighted by Gasteiger charge is -2.36. The Kier molecular flexibility index (Phi) is 9.50. The van der Waals surface area contributed by atoms with Crippen LogP contribution < -0.4 is 14.8 Å². The average molecular weight is 557 g/mol. The van der Waals surface area contributed by atoms with E-state index in [9.17, 15) is 29.0 Å². The van der Waals surface area contributed by atoms with Gasteiger partial charge in [-0.1, -0.05) is 19.1 Å². The number of hydrogen-bond acceptors (Lipinski definition) is 6. The molecule has 40 heavy (non-hydrogen) atoms. The molecule has 1 aliphatic heterocycles. The van der Waals surface area contributed by atoms with Gasteiger partial charge in [-0.15, -0.1) is 0 Å². The maximum atomic E-state index is 14.3. The molecule has 1 saturated carbocycles. The molecule has 216 valence electrons. The lowest BCUT2D eigenvalue weighted by Crippen LogP contribution is -2.43. The van der Waals surface area contributed by atoms with Crippen LogP contribution in [0.4, 0.5) is 4.39 Å². The molecular weight excluding hydrogens is 519 g/mol. The molecule has 2 aliphatic rings. The van der Waals surface area contributed by atoms with Crippen LogP contribution in [0.15, 0.2) is 36.4 Å². The fourth-order valence-electron chi connectivity index (χ4n) is 5.73. The third-order valence-electron chi connectivity index (χ3n) is 7.98. The predicted octanol–water partition coefficient (Wildman–Crippen LogP) is 4.51. The molecule has 0 saturated heterocycles. The first-order valence-electron chi connectivity index (χ1n) is 13.8. The number of aromatic hydroxyl groups is 1. The van der Waals surface area contributed by atoms with Gasteiger partial charge < -0.3 is 29.9 Å². The van der Waals surface area contributed by atoms with Crippen molar-refractivity contribution in [2.75, 3.05) is 13.2 Å². The number of amides is 2. The van der Waals surface area contributed by atoms with Gasteiger partial charge in [0, 0.05) is 25.6 Å². The molecule has 1 unspecified atom stereocenters. The largest absolute Gasteiger partial charge is 0.505 e. The van der Waals surface area contributed by atoms with Gasteiger partial charge in [0.15, 0.2) is 17.6 Å². The summed E-state index contributed by atoms with van der Waals surface area (Å²) < 4.78 is 25.8. The third-order valence-corrected chi connectivity index (χ3v) is 7.98. The zero-order chi connectivity index (χ0) is 28.8. The van der Waals surface area contributed by atoms with Gasteiger partial charge in [0.25, 0.3) is 5.91 Å². The van der Waals surface area contributed by atoms with E-state index in [4.69, 9.17) is 9.47 Å². The highest BCUT2D eigenvalue weighted by atomic mass is 19.1. The minimum Gasteiger partial charge on any atom is -0.505 e. The van der Waals surface area contributed by atoms with E-state index >= 15 is 0 Å². The molecule has 3 N–H and O–H groups in total. The predicted molar refractivity (Wildman–Crippen MR) is 145 cm³/mol. The number of hydrogen-bond donors (Lipinski definition) is 3. The van der Waals surface area contributed by atoms with Gasteiger partial charge in [-0.3, -0.25) is 9.59 Å². The van der Waals surface area contributed by atoms with Gasteiger partial charge in [-0.05, 0) is 74.1 Å². The molecule has 1 fully saturated rings. The molecule has 4 rings (SSSR count). The van der Waals surface area contributed by atoms with E-state index in [1.165, 1.54) is 13.0 Å². The number of fused-ring (bicyclic) bond motifs is 1. The van der Waals surface area contributed by atoms with Crippen molar-refractivity contribution in [1.29, 1.82) is 0 Å². The van der Waals surface area contributed by atoms with Gasteiger partial charge in [-0.2, -0.15) is 0 Å². The topological polar surface area (TPSA) is 125 Å². The number of nitrogens with zero attached hydrogens (tertiary/aromatic N) is 1. The number of benzene rings is 2. The average Bonchev–Trinajstić information content (AvgIpc) is 3.27. The van der Waals surface area contributed by atoms with Crippen LogP contribution in [-0.2, 0) is 16.1 Å². The first-order valence-corrected chi connectivity index (χ1v) is 13.8. The minimum absolute atomic E-state index is 0.0158. The Morgan fingerprint density at radius 2 is 1.82 bits per heavy atom. The highest BCUT2D eigenvalue weighted by Crippen LogP contribution is 2.38. The second-order valence-electron chi connectivity index (χ2n) is 10.8. The number of halogens is 1. The highest BCUT2D eigenvalue weighted by Gasteiger charge is 2.38. The van der Waals surface area contributed by atoms with Crippen molar-refractivity contribution in [1.82, 2.24) is 10.2 Å². The van der Waals surface area contributed by atoms with Gasteiger partial charge in [0.1, 0.15) is 18.1 Å². The van der Waals surface area contributed by atoms with Crippen LogP contribution >= 0.6 is 0 Å². The molecule has 2 atom stereocenters. The Morgan fingerprint density at radius 1 is 1.12 bits per heavy atom. The van der Waals surface area contributed by atoms with Crippen molar-refractivity contribution >= 4 is 17.8 Å². The number of nitrogens with one attached hydrogen (secondary N) is 1. The fraction of sp³-hybridized carbons (Fsp3) is 0.500. The second-order valence-corrected chi connectivity index (χ2v) is 10.8. The molecule has 2 aromatic rings. The fourth-order valence-corrected chi connectivity index (χ4v) is 5.73. The van der Waals surface area contributed by atoms with E-state index in [-0.39, 0.29) is 24.1 Å². The molecule has 9 nitrogen and oxygen atoms in total. The van der Waals surface area contributed by atoms with Crippen LogP contribution in [0.25, 0.3) is 0 Å². The summed E-state index contributed by atoms with van der Waals surface area (Å²) in [7, 11) is 0. The van der Waals surface area contributed by atoms with Crippen molar-refractivity contribution in [2.24, 2.45) is 11.8 Å². The monoisotopic (exact) mass is 556 g/mol. The molecule has 1 heterocycles. The lowest BCUT2D eigenvalue weighted by molar-refractivity contribution is -0.142. The molecule has 0 aromatic heterocycles. The van der Waals surface area contributed by atoms with Crippen LogP contribution in [0.2, 0.25) is 0 Å². The van der Waals surface area contributed by atoms with Crippen LogP contribution in [0.3, 0.4) is 0 Å². The molecule has 2 amide bonds. The summed E-state index contributed by atoms with van der Waals surface area (Å²) in [6.07, 6.45) is 5.66. The van der Waals surface area contributed by atoms with E-state index in [2.05, 4.69) is 12.2 Å². The quantitative estimate of drug-likeness (QED) is 0.329. The van der Waals surface area contributed by atoms with Gasteiger partial charge in [0.2, 0.25) is 5.91 Å². The van der Waals surface area contributed by atoms with Gasteiger partial charge >= 0.3 is 5.97 Å². The first-order chi connectivity index (χ1) is 19.1. The molecule has 1 aliphatic carbocycles. The Balaban J connectivity index is 1.17. The van der Waals surface area contributed by atoms with E-state index in [1.54, 1.807) is 29.2 Å². The zero-order valence-electron chi connectivity index (χ0n) is 22.9. The molecule has 0 radical (unpaired) electrons. The maximum Gasteiger partial charge on any atom is 0.329 e. The van der Waals surface area contributed by atoms with E-state index in [0.717, 1.165) is 38.5 Å². The number of carbonyl (C=O) groups is 3. The van der Waals surface area contributed by atoms with Crippen LogP contribution in [0.1, 0.15) is 68.3 Å². The third kappa shape index (κ3) is 7.03. The maximum absolute atomic E-state index is 14.3. The molecule has 0 bridgehead atoms. The number of aliphatic carboxylic acids is 1. The Labute approximate surface area is 233 Å². The lowest BCUT2D eigenvalue weighted by atomic mass is 9.77. The Hall–Kier alpha value is -3.82. The number of carboxylic acids is 1. The number of carboxylic acid groups (broad SMARTS) is 1. The summed E-state index contributed by atoms with van der Waals surface area (Å²) in [4.78, 5) is 37.0. The molecular formula is C30H37FN2O7. The number of rotatable bonds is 12. The summed E-state index contributed by atoms with van der Waals surface area (Å²) in [5.41, 5.74) is 0.657. The smallest absolute Gasteiger partial charge is 0.329 e. The van der Waals surface area contributed by atoms with Gasteiger partial charge in [-0.25, -0.2) is 9.18 Å². The summed E-state index contributed by atoms with van der Waals surface area (Å²) in [5.74, 6) is -1.09. The summed E-state index contributed by atoms with van der Waals surface area (Å²) in [6, 6.07) is 8.87. The summed E-state index contributed by atoms with van der Waals surface area (Å²) in [5, 5.41) is 21.2. The SMILES string of the molecule is CC(=O)N[C@@H](COc1cccc(OCCCC(C)C2CCC(N3Cc4ccc(O)c(F)c4C3=O)CC2)c1)C(=O)O. The Bertz CT molecular complexity index is 1230. The minimum atomic E-state index is -1.17. The summed E-state index contributed by atoms with van der Waals surface area (Å²) >= 11 is 0. The van der Waals surface area contributed by atoms with E-state index in [1.807, 2.05) is 6.07 Å².